The maximum absolute atomic E-state index is 12.0. The molecule has 1 saturated heterocycles. The van der Waals surface area contributed by atoms with Gasteiger partial charge in [-0.1, -0.05) is 25.1 Å². The Morgan fingerprint density at radius 3 is 2.50 bits per heavy atom. The van der Waals surface area contributed by atoms with Gasteiger partial charge in [-0.15, -0.1) is 0 Å². The summed E-state index contributed by atoms with van der Waals surface area (Å²) in [4.78, 5) is 25.8. The molecule has 1 aliphatic heterocycles. The van der Waals surface area contributed by atoms with Crippen molar-refractivity contribution < 1.29 is 9.59 Å². The highest BCUT2D eigenvalue weighted by Crippen LogP contribution is 2.13. The lowest BCUT2D eigenvalue weighted by Gasteiger charge is -2.33. The monoisotopic (exact) mass is 304 g/mol. The summed E-state index contributed by atoms with van der Waals surface area (Å²) in [6, 6.07) is 9.23. The van der Waals surface area contributed by atoms with Crippen LogP contribution in [0.3, 0.4) is 0 Å². The Labute approximate surface area is 131 Å². The lowest BCUT2D eigenvalue weighted by atomic mass is 10.0. The van der Waals surface area contributed by atoms with Crippen molar-refractivity contribution in [1.82, 2.24) is 10.2 Å². The molecular weight excluding hydrogens is 280 g/mol. The Morgan fingerprint density at radius 2 is 1.91 bits per heavy atom. The third-order valence-electron chi connectivity index (χ3n) is 3.95. The number of carbonyl (C=O) groups excluding carboxylic acids is 2. The van der Waals surface area contributed by atoms with Crippen LogP contribution in [0, 0.1) is 5.92 Å². The highest BCUT2D eigenvalue weighted by Gasteiger charge is 2.26. The van der Waals surface area contributed by atoms with Crippen LogP contribution in [0.1, 0.15) is 19.8 Å². The quantitative estimate of drug-likeness (QED) is 0.785. The minimum atomic E-state index is -0.202. The van der Waals surface area contributed by atoms with Crippen LogP contribution >= 0.6 is 0 Å². The van der Waals surface area contributed by atoms with E-state index in [9.17, 15) is 9.59 Å². The Hall–Kier alpha value is -2.08. The van der Waals surface area contributed by atoms with E-state index >= 15 is 0 Å². The van der Waals surface area contributed by atoms with Crippen LogP contribution in [0.4, 0.5) is 10.5 Å². The minimum absolute atomic E-state index is 0.0981. The Morgan fingerprint density at radius 1 is 1.27 bits per heavy atom. The number of amides is 3. The number of carbonyl (C=O) groups is 2. The first-order chi connectivity index (χ1) is 10.6. The molecule has 22 heavy (non-hydrogen) atoms. The molecule has 4 N–H and O–H groups in total. The van der Waals surface area contributed by atoms with E-state index in [0.29, 0.717) is 19.6 Å². The van der Waals surface area contributed by atoms with Crippen LogP contribution in [0.2, 0.25) is 0 Å². The van der Waals surface area contributed by atoms with E-state index in [1.54, 1.807) is 0 Å². The number of nitrogens with zero attached hydrogens (tertiary/aromatic N) is 1. The molecule has 0 aliphatic carbocycles. The predicted octanol–water partition coefficient (Wildman–Crippen LogP) is 1.39. The molecule has 0 bridgehead atoms. The van der Waals surface area contributed by atoms with Gasteiger partial charge in [-0.2, -0.15) is 0 Å². The van der Waals surface area contributed by atoms with Crippen molar-refractivity contribution >= 4 is 17.6 Å². The first-order valence-electron chi connectivity index (χ1n) is 7.71. The molecule has 0 spiro atoms. The summed E-state index contributed by atoms with van der Waals surface area (Å²) in [5.41, 5.74) is 6.30. The number of nitrogens with two attached hydrogens (primary N) is 1. The number of urea groups is 1. The van der Waals surface area contributed by atoms with Gasteiger partial charge in [-0.3, -0.25) is 4.79 Å². The molecule has 2 rings (SSSR count). The van der Waals surface area contributed by atoms with Crippen molar-refractivity contribution in [1.29, 1.82) is 0 Å². The standard InChI is InChI=1S/C16H24N4O2/c1-12(11-17)15(21)20-9-7-14(8-10-20)19-16(22)18-13-5-3-2-4-6-13/h2-6,12,14H,7-11,17H2,1H3,(H2,18,19,22). The number of likely N-dealkylation sites (tertiary alicyclic amines) is 1. The highest BCUT2D eigenvalue weighted by molar-refractivity contribution is 5.89. The van der Waals surface area contributed by atoms with Crippen LogP contribution in [-0.4, -0.2) is 42.5 Å². The molecule has 0 saturated carbocycles. The second kappa shape index (κ2) is 7.79. The summed E-state index contributed by atoms with van der Waals surface area (Å²) < 4.78 is 0. The van der Waals surface area contributed by atoms with Crippen molar-refractivity contribution in [2.45, 2.75) is 25.8 Å². The third kappa shape index (κ3) is 4.46. The second-order valence-electron chi connectivity index (χ2n) is 5.70. The molecular formula is C16H24N4O2. The third-order valence-corrected chi connectivity index (χ3v) is 3.95. The maximum Gasteiger partial charge on any atom is 0.319 e. The molecule has 6 heteroatoms. The van der Waals surface area contributed by atoms with Crippen molar-refractivity contribution in [3.8, 4) is 0 Å². The number of hydrogen-bond donors (Lipinski definition) is 3. The number of hydrogen-bond acceptors (Lipinski definition) is 3. The van der Waals surface area contributed by atoms with E-state index in [2.05, 4.69) is 10.6 Å². The molecule has 1 atom stereocenters. The first-order valence-corrected chi connectivity index (χ1v) is 7.71. The molecule has 120 valence electrons. The van der Waals surface area contributed by atoms with E-state index in [1.165, 1.54) is 0 Å². The molecule has 1 aliphatic rings. The number of anilines is 1. The van der Waals surface area contributed by atoms with Gasteiger partial charge in [0.15, 0.2) is 0 Å². The van der Waals surface area contributed by atoms with Gasteiger partial charge in [-0.25, -0.2) is 4.79 Å². The zero-order chi connectivity index (χ0) is 15.9. The second-order valence-corrected chi connectivity index (χ2v) is 5.70. The van der Waals surface area contributed by atoms with Crippen molar-refractivity contribution in [3.63, 3.8) is 0 Å². The molecule has 6 nitrogen and oxygen atoms in total. The summed E-state index contributed by atoms with van der Waals surface area (Å²) in [5.74, 6) is -0.0272. The smallest absolute Gasteiger partial charge is 0.319 e. The van der Waals surface area contributed by atoms with Crippen molar-refractivity contribution in [2.24, 2.45) is 11.7 Å². The predicted molar refractivity (Wildman–Crippen MR) is 86.4 cm³/mol. The van der Waals surface area contributed by atoms with Crippen LogP contribution in [0.15, 0.2) is 30.3 Å². The van der Waals surface area contributed by atoms with Gasteiger partial charge >= 0.3 is 6.03 Å². The Kier molecular flexibility index (Phi) is 5.77. The SMILES string of the molecule is CC(CN)C(=O)N1CCC(NC(=O)Nc2ccccc2)CC1. The van der Waals surface area contributed by atoms with Gasteiger partial charge < -0.3 is 21.3 Å². The summed E-state index contributed by atoms with van der Waals surface area (Å²) >= 11 is 0. The lowest BCUT2D eigenvalue weighted by molar-refractivity contribution is -0.135. The number of piperidine rings is 1. The van der Waals surface area contributed by atoms with E-state index in [-0.39, 0.29) is 23.9 Å². The molecule has 1 unspecified atom stereocenters. The largest absolute Gasteiger partial charge is 0.342 e. The fourth-order valence-corrected chi connectivity index (χ4v) is 2.53. The average Bonchev–Trinajstić information content (AvgIpc) is 2.55. The molecule has 1 fully saturated rings. The maximum atomic E-state index is 12.0. The summed E-state index contributed by atoms with van der Waals surface area (Å²) in [5, 5.41) is 5.76. The normalized spacial score (nSPS) is 16.9. The number of benzene rings is 1. The van der Waals surface area contributed by atoms with Gasteiger partial charge in [0.1, 0.15) is 0 Å². The summed E-state index contributed by atoms with van der Waals surface area (Å²) in [7, 11) is 0. The van der Waals surface area contributed by atoms with Crippen LogP contribution in [0.25, 0.3) is 0 Å². The molecule has 3 amide bonds. The highest BCUT2D eigenvalue weighted by atomic mass is 16.2. The molecule has 1 aromatic rings. The zero-order valence-corrected chi connectivity index (χ0v) is 12.9. The van der Waals surface area contributed by atoms with Gasteiger partial charge in [0, 0.05) is 37.3 Å². The van der Waals surface area contributed by atoms with Crippen LogP contribution < -0.4 is 16.4 Å². The summed E-state index contributed by atoms with van der Waals surface area (Å²) in [6.45, 7) is 3.55. The molecule has 1 heterocycles. The Bertz CT molecular complexity index is 498. The number of nitrogens with one attached hydrogen (secondary N) is 2. The van der Waals surface area contributed by atoms with E-state index in [4.69, 9.17) is 5.73 Å². The fraction of sp³-hybridized carbons (Fsp3) is 0.500. The molecule has 0 aromatic heterocycles. The Balaban J connectivity index is 1.75. The summed E-state index contributed by atoms with van der Waals surface area (Å²) in [6.07, 6.45) is 1.54. The fourth-order valence-electron chi connectivity index (χ4n) is 2.53. The number of rotatable bonds is 4. The first kappa shape index (κ1) is 16.3. The average molecular weight is 304 g/mol. The van der Waals surface area contributed by atoms with Crippen molar-refractivity contribution in [2.75, 3.05) is 25.0 Å². The van der Waals surface area contributed by atoms with Crippen LogP contribution in [0.5, 0.6) is 0 Å². The van der Waals surface area contributed by atoms with Crippen LogP contribution in [-0.2, 0) is 4.79 Å². The van der Waals surface area contributed by atoms with E-state index in [1.807, 2.05) is 42.2 Å². The van der Waals surface area contributed by atoms with Gasteiger partial charge in [-0.05, 0) is 25.0 Å². The van der Waals surface area contributed by atoms with Gasteiger partial charge in [0.05, 0.1) is 0 Å². The zero-order valence-electron chi connectivity index (χ0n) is 12.9. The van der Waals surface area contributed by atoms with Gasteiger partial charge in [0.2, 0.25) is 5.91 Å². The molecule has 1 aromatic carbocycles. The number of para-hydroxylation sites is 1. The lowest BCUT2D eigenvalue weighted by Crippen LogP contribution is -2.49. The van der Waals surface area contributed by atoms with E-state index < -0.39 is 0 Å². The topological polar surface area (TPSA) is 87.5 Å². The minimum Gasteiger partial charge on any atom is -0.342 e. The van der Waals surface area contributed by atoms with Crippen molar-refractivity contribution in [3.05, 3.63) is 30.3 Å². The van der Waals surface area contributed by atoms with E-state index in [0.717, 1.165) is 18.5 Å². The van der Waals surface area contributed by atoms with Gasteiger partial charge in [0.25, 0.3) is 0 Å². The molecule has 0 radical (unpaired) electrons.